The molecular weight excluding hydrogens is 304 g/mol. The van der Waals surface area contributed by atoms with E-state index < -0.39 is 0 Å². The SMILES string of the molecule is Cc1cc(CNC(=O)Nc2ccccc2N2CCCCCC2)on1. The molecule has 1 fully saturated rings. The number of carbonyl (C=O) groups excluding carboxylic acids is 1. The number of aromatic nitrogens is 1. The van der Waals surface area contributed by atoms with Crippen molar-refractivity contribution in [3.8, 4) is 0 Å². The molecule has 3 rings (SSSR count). The molecule has 1 aliphatic rings. The predicted molar refractivity (Wildman–Crippen MR) is 94.2 cm³/mol. The van der Waals surface area contributed by atoms with Crippen LogP contribution in [0.1, 0.15) is 37.1 Å². The number of hydrogen-bond donors (Lipinski definition) is 2. The van der Waals surface area contributed by atoms with Gasteiger partial charge >= 0.3 is 6.03 Å². The van der Waals surface area contributed by atoms with Gasteiger partial charge in [0.1, 0.15) is 0 Å². The van der Waals surface area contributed by atoms with Crippen LogP contribution < -0.4 is 15.5 Å². The molecule has 2 N–H and O–H groups in total. The van der Waals surface area contributed by atoms with E-state index in [-0.39, 0.29) is 6.03 Å². The highest BCUT2D eigenvalue weighted by Gasteiger charge is 2.14. The van der Waals surface area contributed by atoms with E-state index in [4.69, 9.17) is 4.52 Å². The van der Waals surface area contributed by atoms with Crippen LogP contribution in [0, 0.1) is 6.92 Å². The number of hydrogen-bond acceptors (Lipinski definition) is 4. The number of aryl methyl sites for hydroxylation is 1. The zero-order valence-electron chi connectivity index (χ0n) is 14.0. The fourth-order valence-corrected chi connectivity index (χ4v) is 3.00. The molecule has 1 aliphatic heterocycles. The van der Waals surface area contributed by atoms with E-state index in [0.29, 0.717) is 12.3 Å². The Bertz CT molecular complexity index is 675. The molecule has 0 aliphatic carbocycles. The molecule has 2 heterocycles. The summed E-state index contributed by atoms with van der Waals surface area (Å²) in [7, 11) is 0. The Morgan fingerprint density at radius 2 is 1.96 bits per heavy atom. The number of nitrogens with zero attached hydrogens (tertiary/aromatic N) is 2. The molecule has 1 saturated heterocycles. The zero-order chi connectivity index (χ0) is 16.8. The van der Waals surface area contributed by atoms with E-state index in [9.17, 15) is 4.79 Å². The largest absolute Gasteiger partial charge is 0.370 e. The maximum atomic E-state index is 12.2. The summed E-state index contributed by atoms with van der Waals surface area (Å²) in [6.07, 6.45) is 4.96. The first-order chi connectivity index (χ1) is 11.7. The van der Waals surface area contributed by atoms with E-state index in [1.807, 2.05) is 31.2 Å². The lowest BCUT2D eigenvalue weighted by molar-refractivity contribution is 0.250. The van der Waals surface area contributed by atoms with Gasteiger partial charge in [0.2, 0.25) is 0 Å². The second kappa shape index (κ2) is 7.86. The standard InChI is InChI=1S/C18H24N4O2/c1-14-12-15(24-21-14)13-19-18(23)20-16-8-4-5-9-17(16)22-10-6-2-3-7-11-22/h4-5,8-9,12H,2-3,6-7,10-11,13H2,1H3,(H2,19,20,23). The number of urea groups is 1. The molecule has 0 bridgehead atoms. The van der Waals surface area contributed by atoms with Crippen LogP contribution >= 0.6 is 0 Å². The van der Waals surface area contributed by atoms with Gasteiger partial charge in [0, 0.05) is 19.2 Å². The molecule has 0 atom stereocenters. The monoisotopic (exact) mass is 328 g/mol. The summed E-state index contributed by atoms with van der Waals surface area (Å²) in [5.41, 5.74) is 2.73. The molecule has 2 aromatic rings. The van der Waals surface area contributed by atoms with Crippen LogP contribution in [0.5, 0.6) is 0 Å². The molecule has 6 nitrogen and oxygen atoms in total. The van der Waals surface area contributed by atoms with Crippen molar-refractivity contribution < 1.29 is 9.32 Å². The third-order valence-corrected chi connectivity index (χ3v) is 4.20. The summed E-state index contributed by atoms with van der Waals surface area (Å²) < 4.78 is 5.10. The Hall–Kier alpha value is -2.50. The number of nitrogens with one attached hydrogen (secondary N) is 2. The van der Waals surface area contributed by atoms with Gasteiger partial charge in [0.25, 0.3) is 0 Å². The van der Waals surface area contributed by atoms with Gasteiger partial charge in [-0.3, -0.25) is 0 Å². The molecule has 24 heavy (non-hydrogen) atoms. The first-order valence-electron chi connectivity index (χ1n) is 8.53. The smallest absolute Gasteiger partial charge is 0.319 e. The lowest BCUT2D eigenvalue weighted by Gasteiger charge is -2.25. The minimum absolute atomic E-state index is 0.244. The van der Waals surface area contributed by atoms with E-state index in [0.717, 1.165) is 30.2 Å². The Morgan fingerprint density at radius 3 is 2.67 bits per heavy atom. The number of benzene rings is 1. The van der Waals surface area contributed by atoms with Crippen molar-refractivity contribution in [2.75, 3.05) is 23.3 Å². The molecular formula is C18H24N4O2. The Balaban J connectivity index is 1.62. The maximum Gasteiger partial charge on any atom is 0.319 e. The van der Waals surface area contributed by atoms with Gasteiger partial charge in [-0.1, -0.05) is 30.1 Å². The van der Waals surface area contributed by atoms with E-state index in [2.05, 4.69) is 26.8 Å². The molecule has 0 unspecified atom stereocenters. The van der Waals surface area contributed by atoms with Crippen LogP contribution in [-0.4, -0.2) is 24.3 Å². The number of carbonyl (C=O) groups is 1. The molecule has 0 spiro atoms. The Morgan fingerprint density at radius 1 is 1.21 bits per heavy atom. The van der Waals surface area contributed by atoms with Crippen LogP contribution in [0.4, 0.5) is 16.2 Å². The minimum Gasteiger partial charge on any atom is -0.370 e. The first-order valence-corrected chi connectivity index (χ1v) is 8.53. The highest BCUT2D eigenvalue weighted by atomic mass is 16.5. The second-order valence-corrected chi connectivity index (χ2v) is 6.16. The molecule has 2 amide bonds. The lowest BCUT2D eigenvalue weighted by Crippen LogP contribution is -2.30. The lowest BCUT2D eigenvalue weighted by atomic mass is 10.2. The molecule has 0 radical (unpaired) electrons. The van der Waals surface area contributed by atoms with E-state index in [1.165, 1.54) is 25.7 Å². The van der Waals surface area contributed by atoms with Crippen LogP contribution in [0.3, 0.4) is 0 Å². The number of para-hydroxylation sites is 2. The zero-order valence-corrected chi connectivity index (χ0v) is 14.0. The van der Waals surface area contributed by atoms with Gasteiger partial charge in [-0.2, -0.15) is 0 Å². The van der Waals surface area contributed by atoms with Gasteiger partial charge in [0.05, 0.1) is 23.6 Å². The molecule has 128 valence electrons. The van der Waals surface area contributed by atoms with Crippen molar-refractivity contribution >= 4 is 17.4 Å². The minimum atomic E-state index is -0.244. The van der Waals surface area contributed by atoms with Crippen LogP contribution in [0.2, 0.25) is 0 Å². The summed E-state index contributed by atoms with van der Waals surface area (Å²) in [5.74, 6) is 0.642. The molecule has 0 saturated carbocycles. The number of rotatable bonds is 4. The third-order valence-electron chi connectivity index (χ3n) is 4.20. The summed E-state index contributed by atoms with van der Waals surface area (Å²) in [5, 5.41) is 9.56. The highest BCUT2D eigenvalue weighted by molar-refractivity contribution is 5.93. The van der Waals surface area contributed by atoms with Crippen molar-refractivity contribution in [3.05, 3.63) is 41.8 Å². The quantitative estimate of drug-likeness (QED) is 0.898. The van der Waals surface area contributed by atoms with Crippen molar-refractivity contribution in [2.24, 2.45) is 0 Å². The van der Waals surface area contributed by atoms with E-state index >= 15 is 0 Å². The van der Waals surface area contributed by atoms with Crippen LogP contribution in [0.15, 0.2) is 34.9 Å². The van der Waals surface area contributed by atoms with Crippen molar-refractivity contribution in [3.63, 3.8) is 0 Å². The molecule has 1 aromatic heterocycles. The summed E-state index contributed by atoms with van der Waals surface area (Å²) >= 11 is 0. The van der Waals surface area contributed by atoms with Gasteiger partial charge in [-0.05, 0) is 31.9 Å². The van der Waals surface area contributed by atoms with Crippen molar-refractivity contribution in [2.45, 2.75) is 39.2 Å². The maximum absolute atomic E-state index is 12.2. The average molecular weight is 328 g/mol. The Labute approximate surface area is 142 Å². The van der Waals surface area contributed by atoms with Gasteiger partial charge in [0.15, 0.2) is 5.76 Å². The van der Waals surface area contributed by atoms with Crippen LogP contribution in [0.25, 0.3) is 0 Å². The van der Waals surface area contributed by atoms with Gasteiger partial charge < -0.3 is 20.1 Å². The summed E-state index contributed by atoms with van der Waals surface area (Å²) in [6, 6.07) is 9.54. The topological polar surface area (TPSA) is 70.4 Å². The van der Waals surface area contributed by atoms with E-state index in [1.54, 1.807) is 0 Å². The number of anilines is 2. The van der Waals surface area contributed by atoms with Crippen LogP contribution in [-0.2, 0) is 6.54 Å². The predicted octanol–water partition coefficient (Wildman–Crippen LogP) is 3.69. The molecule has 6 heteroatoms. The van der Waals surface area contributed by atoms with Gasteiger partial charge in [-0.25, -0.2) is 4.79 Å². The van der Waals surface area contributed by atoms with Crippen molar-refractivity contribution in [1.29, 1.82) is 0 Å². The summed E-state index contributed by atoms with van der Waals surface area (Å²) in [6.45, 7) is 4.25. The Kier molecular flexibility index (Phi) is 5.36. The fourth-order valence-electron chi connectivity index (χ4n) is 3.00. The van der Waals surface area contributed by atoms with Crippen molar-refractivity contribution in [1.82, 2.24) is 10.5 Å². The second-order valence-electron chi connectivity index (χ2n) is 6.16. The van der Waals surface area contributed by atoms with Gasteiger partial charge in [-0.15, -0.1) is 0 Å². The third kappa shape index (κ3) is 4.28. The average Bonchev–Trinajstić information content (AvgIpc) is 2.83. The first kappa shape index (κ1) is 16.4. The highest BCUT2D eigenvalue weighted by Crippen LogP contribution is 2.27. The normalized spacial score (nSPS) is 15.0. The fraction of sp³-hybridized carbons (Fsp3) is 0.444. The summed E-state index contributed by atoms with van der Waals surface area (Å²) in [4.78, 5) is 14.6. The molecule has 1 aromatic carbocycles. The number of amides is 2.